The Bertz CT molecular complexity index is 1080. The van der Waals surface area contributed by atoms with Gasteiger partial charge in [0, 0.05) is 5.56 Å². The number of benzene rings is 2. The fourth-order valence-electron chi connectivity index (χ4n) is 3.80. The van der Waals surface area contributed by atoms with Gasteiger partial charge in [-0.2, -0.15) is 0 Å². The van der Waals surface area contributed by atoms with Crippen molar-refractivity contribution in [2.75, 3.05) is 29.6 Å². The maximum Gasteiger partial charge on any atom is 0.271 e. The van der Waals surface area contributed by atoms with E-state index in [1.165, 1.54) is 11.8 Å². The first-order chi connectivity index (χ1) is 14.5. The summed E-state index contributed by atoms with van der Waals surface area (Å²) in [6.07, 6.45) is 0. The highest BCUT2D eigenvalue weighted by Gasteiger charge is 2.42. The van der Waals surface area contributed by atoms with Crippen molar-refractivity contribution in [1.29, 1.82) is 0 Å². The number of para-hydroxylation sites is 2. The molecule has 0 bridgehead atoms. The lowest BCUT2D eigenvalue weighted by atomic mass is 10.1. The summed E-state index contributed by atoms with van der Waals surface area (Å²) >= 11 is 6.76. The Balaban J connectivity index is 1.80. The summed E-state index contributed by atoms with van der Waals surface area (Å²) in [5, 5.41) is 0. The van der Waals surface area contributed by atoms with E-state index in [1.54, 1.807) is 9.80 Å². The van der Waals surface area contributed by atoms with Crippen LogP contribution in [0.1, 0.15) is 25.0 Å². The molecule has 2 aliphatic rings. The molecule has 0 radical (unpaired) electrons. The molecule has 0 aliphatic carbocycles. The van der Waals surface area contributed by atoms with Gasteiger partial charge in [0.1, 0.15) is 0 Å². The lowest BCUT2D eigenvalue weighted by Gasteiger charge is -2.25. The summed E-state index contributed by atoms with van der Waals surface area (Å²) in [5.41, 5.74) is 3.80. The van der Waals surface area contributed by atoms with Crippen molar-refractivity contribution in [3.63, 3.8) is 0 Å². The van der Waals surface area contributed by atoms with E-state index in [0.29, 0.717) is 21.5 Å². The number of hydrogen-bond acceptors (Lipinski definition) is 5. The van der Waals surface area contributed by atoms with Crippen molar-refractivity contribution >= 4 is 57.1 Å². The summed E-state index contributed by atoms with van der Waals surface area (Å²) in [6.45, 7) is 8.27. The summed E-state index contributed by atoms with van der Waals surface area (Å²) in [5.74, 6) is -0.379. The van der Waals surface area contributed by atoms with Crippen molar-refractivity contribution in [2.45, 2.75) is 20.8 Å². The van der Waals surface area contributed by atoms with E-state index in [1.807, 2.05) is 55.5 Å². The molecule has 2 amide bonds. The van der Waals surface area contributed by atoms with E-state index in [0.717, 1.165) is 35.6 Å². The molecule has 7 heteroatoms. The first kappa shape index (κ1) is 20.8. The van der Waals surface area contributed by atoms with Gasteiger partial charge in [0.2, 0.25) is 0 Å². The number of nitrogens with zero attached hydrogens (tertiary/aromatic N) is 3. The van der Waals surface area contributed by atoms with Gasteiger partial charge in [-0.25, -0.2) is 0 Å². The molecule has 2 aromatic rings. The molecule has 0 N–H and O–H groups in total. The molecule has 1 saturated heterocycles. The summed E-state index contributed by atoms with van der Waals surface area (Å²) in [7, 11) is 0. The van der Waals surface area contributed by atoms with Crippen LogP contribution in [0.4, 0.5) is 11.4 Å². The van der Waals surface area contributed by atoms with Crippen LogP contribution in [0.5, 0.6) is 0 Å². The minimum atomic E-state index is -0.234. The number of rotatable bonds is 5. The van der Waals surface area contributed by atoms with Gasteiger partial charge >= 0.3 is 0 Å². The minimum absolute atomic E-state index is 0.145. The van der Waals surface area contributed by atoms with Crippen LogP contribution in [0.25, 0.3) is 5.57 Å². The molecule has 1 fully saturated rings. The maximum atomic E-state index is 13.5. The Morgan fingerprint density at radius 1 is 0.933 bits per heavy atom. The van der Waals surface area contributed by atoms with Gasteiger partial charge in [-0.1, -0.05) is 74.2 Å². The minimum Gasteiger partial charge on any atom is -0.294 e. The number of carbonyl (C=O) groups excluding carboxylic acids is 2. The van der Waals surface area contributed by atoms with Crippen molar-refractivity contribution in [2.24, 2.45) is 0 Å². The molecule has 2 heterocycles. The van der Waals surface area contributed by atoms with E-state index >= 15 is 0 Å². The number of aryl methyl sites for hydroxylation is 1. The molecule has 2 aliphatic heterocycles. The molecular formula is C23H23N3O2S2. The molecule has 2 aromatic carbocycles. The molecule has 5 nitrogen and oxygen atoms in total. The van der Waals surface area contributed by atoms with E-state index < -0.39 is 0 Å². The zero-order valence-electron chi connectivity index (χ0n) is 17.2. The quantitative estimate of drug-likeness (QED) is 0.512. The molecular weight excluding hydrogens is 414 g/mol. The van der Waals surface area contributed by atoms with Crippen LogP contribution in [0.2, 0.25) is 0 Å². The van der Waals surface area contributed by atoms with Gasteiger partial charge in [-0.05, 0) is 37.7 Å². The second-order valence-corrected chi connectivity index (χ2v) is 8.84. The zero-order chi connectivity index (χ0) is 21.4. The molecule has 0 saturated carbocycles. The van der Waals surface area contributed by atoms with Crippen molar-refractivity contribution in [3.05, 3.63) is 64.6 Å². The van der Waals surface area contributed by atoms with Crippen LogP contribution in [-0.2, 0) is 9.59 Å². The van der Waals surface area contributed by atoms with Crippen molar-refractivity contribution in [1.82, 2.24) is 4.90 Å². The van der Waals surface area contributed by atoms with Crippen LogP contribution in [-0.4, -0.2) is 40.8 Å². The third-order valence-corrected chi connectivity index (χ3v) is 6.88. The van der Waals surface area contributed by atoms with Gasteiger partial charge in [0.15, 0.2) is 4.32 Å². The van der Waals surface area contributed by atoms with Crippen LogP contribution >= 0.6 is 24.0 Å². The van der Waals surface area contributed by atoms with Crippen molar-refractivity contribution in [3.8, 4) is 0 Å². The van der Waals surface area contributed by atoms with Gasteiger partial charge in [-0.3, -0.25) is 24.3 Å². The largest absolute Gasteiger partial charge is 0.294 e. The molecule has 0 unspecified atom stereocenters. The second-order valence-electron chi connectivity index (χ2n) is 7.19. The standard InChI is InChI=1S/C23H23N3O2S2/c1-4-24(5-2)14-25-18-13-9-7-11-16(18)19(21(25)27)20-22(28)26(23(29)30-20)17-12-8-6-10-15(17)3/h6-13H,4-5,14H2,1-3H3/b20-19-. The van der Waals surface area contributed by atoms with Gasteiger partial charge < -0.3 is 0 Å². The number of carbonyl (C=O) groups is 2. The molecule has 30 heavy (non-hydrogen) atoms. The Morgan fingerprint density at radius 3 is 2.23 bits per heavy atom. The number of thioether (sulfide) groups is 1. The monoisotopic (exact) mass is 437 g/mol. The third kappa shape index (κ3) is 3.37. The van der Waals surface area contributed by atoms with Gasteiger partial charge in [0.05, 0.1) is 28.5 Å². The highest BCUT2D eigenvalue weighted by Crippen LogP contribution is 2.45. The molecule has 0 atom stereocenters. The Morgan fingerprint density at radius 2 is 1.57 bits per heavy atom. The summed E-state index contributed by atoms with van der Waals surface area (Å²) < 4.78 is 0.448. The fourth-order valence-corrected chi connectivity index (χ4v) is 5.16. The fraction of sp³-hybridized carbons (Fsp3) is 0.261. The summed E-state index contributed by atoms with van der Waals surface area (Å²) in [4.78, 5) is 32.8. The number of thiocarbonyl (C=S) groups is 1. The first-order valence-electron chi connectivity index (χ1n) is 9.97. The molecule has 4 rings (SSSR count). The Kier molecular flexibility index (Phi) is 5.77. The molecule has 0 aromatic heterocycles. The van der Waals surface area contributed by atoms with E-state index in [4.69, 9.17) is 12.2 Å². The van der Waals surface area contributed by atoms with Crippen LogP contribution in [0.15, 0.2) is 53.4 Å². The van der Waals surface area contributed by atoms with Crippen LogP contribution in [0.3, 0.4) is 0 Å². The predicted molar refractivity (Wildman–Crippen MR) is 127 cm³/mol. The lowest BCUT2D eigenvalue weighted by molar-refractivity contribution is -0.115. The van der Waals surface area contributed by atoms with E-state index in [9.17, 15) is 9.59 Å². The topological polar surface area (TPSA) is 43.9 Å². The molecule has 0 spiro atoms. The highest BCUT2D eigenvalue weighted by atomic mass is 32.2. The maximum absolute atomic E-state index is 13.5. The smallest absolute Gasteiger partial charge is 0.271 e. The predicted octanol–water partition coefficient (Wildman–Crippen LogP) is 4.42. The molecule has 154 valence electrons. The number of anilines is 2. The zero-order valence-corrected chi connectivity index (χ0v) is 18.8. The van der Waals surface area contributed by atoms with Gasteiger partial charge in [0.25, 0.3) is 11.8 Å². The number of fused-ring (bicyclic) bond motifs is 1. The van der Waals surface area contributed by atoms with Crippen molar-refractivity contribution < 1.29 is 9.59 Å². The SMILES string of the molecule is CCN(CC)CN1C(=O)/C(=C2\SC(=S)N(c3ccccc3C)C2=O)c2ccccc21. The number of hydrogen-bond donors (Lipinski definition) is 0. The normalized spacial score (nSPS) is 18.7. The summed E-state index contributed by atoms with van der Waals surface area (Å²) in [6, 6.07) is 15.3. The number of amides is 2. The third-order valence-electron chi connectivity index (χ3n) is 5.51. The highest BCUT2D eigenvalue weighted by molar-refractivity contribution is 8.27. The van der Waals surface area contributed by atoms with Crippen LogP contribution < -0.4 is 9.80 Å². The second kappa shape index (κ2) is 8.34. The Hall–Kier alpha value is -2.48. The average Bonchev–Trinajstić information content (AvgIpc) is 3.19. The first-order valence-corrected chi connectivity index (χ1v) is 11.2. The van der Waals surface area contributed by atoms with E-state index in [2.05, 4.69) is 18.7 Å². The van der Waals surface area contributed by atoms with E-state index in [-0.39, 0.29) is 11.8 Å². The average molecular weight is 438 g/mol. The van der Waals surface area contributed by atoms with Crippen LogP contribution in [0, 0.1) is 6.92 Å². The van der Waals surface area contributed by atoms with Gasteiger partial charge in [-0.15, -0.1) is 0 Å². The lowest BCUT2D eigenvalue weighted by Crippen LogP contribution is -2.39. The Labute approximate surface area is 186 Å².